The first kappa shape index (κ1) is 13.1. The van der Waals surface area contributed by atoms with Crippen LogP contribution in [0, 0.1) is 4.77 Å². The maximum absolute atomic E-state index is 6.28. The number of anilines is 1. The van der Waals surface area contributed by atoms with E-state index < -0.39 is 0 Å². The number of hydrogen-bond acceptors (Lipinski definition) is 5. The lowest BCUT2D eigenvalue weighted by Gasteiger charge is -2.13. The van der Waals surface area contributed by atoms with E-state index in [-0.39, 0.29) is 6.79 Å². The first-order valence-corrected chi connectivity index (χ1v) is 7.27. The molecule has 0 unspecified atom stereocenters. The molecule has 1 aliphatic rings. The third-order valence-corrected chi connectivity index (χ3v) is 4.01. The lowest BCUT2D eigenvalue weighted by molar-refractivity contribution is 0.174. The van der Waals surface area contributed by atoms with Crippen LogP contribution in [0.15, 0.2) is 42.5 Å². The number of nitrogens with two attached hydrogens (primary N) is 1. The zero-order valence-corrected chi connectivity index (χ0v) is 12.5. The molecule has 2 N–H and O–H groups in total. The third kappa shape index (κ3) is 2.08. The number of benzene rings is 2. The molecule has 0 fully saturated rings. The molecule has 0 bridgehead atoms. The Hall–Kier alpha value is -2.60. The summed E-state index contributed by atoms with van der Waals surface area (Å²) in [6.45, 7) is 0.803. The number of nitrogens with zero attached hydrogens (tertiary/aromatic N) is 2. The summed E-state index contributed by atoms with van der Waals surface area (Å²) in [5, 5.41) is 0.900. The highest BCUT2D eigenvalue weighted by Gasteiger charge is 2.14. The molecule has 110 valence electrons. The van der Waals surface area contributed by atoms with E-state index in [2.05, 4.69) is 4.98 Å². The van der Waals surface area contributed by atoms with E-state index in [0.29, 0.717) is 17.1 Å². The average Bonchev–Trinajstić information content (AvgIpc) is 2.99. The van der Waals surface area contributed by atoms with Crippen LogP contribution in [0.3, 0.4) is 0 Å². The van der Waals surface area contributed by atoms with Crippen LogP contribution in [0.4, 0.5) is 5.82 Å². The first-order chi connectivity index (χ1) is 10.7. The van der Waals surface area contributed by atoms with Crippen molar-refractivity contribution in [3.8, 4) is 11.5 Å². The van der Waals surface area contributed by atoms with E-state index >= 15 is 0 Å². The van der Waals surface area contributed by atoms with Crippen molar-refractivity contribution in [1.29, 1.82) is 0 Å². The molecule has 2 heterocycles. The van der Waals surface area contributed by atoms with Crippen molar-refractivity contribution in [2.45, 2.75) is 6.54 Å². The minimum absolute atomic E-state index is 0.262. The van der Waals surface area contributed by atoms with Gasteiger partial charge in [0.2, 0.25) is 11.6 Å². The summed E-state index contributed by atoms with van der Waals surface area (Å²) in [7, 11) is 0. The van der Waals surface area contributed by atoms with Crippen LogP contribution < -0.4 is 15.2 Å². The van der Waals surface area contributed by atoms with E-state index in [4.69, 9.17) is 27.4 Å². The van der Waals surface area contributed by atoms with E-state index in [1.807, 2.05) is 47.0 Å². The Morgan fingerprint density at radius 3 is 2.86 bits per heavy atom. The maximum atomic E-state index is 6.28. The molecule has 2 aromatic carbocycles. The number of aromatic nitrogens is 2. The van der Waals surface area contributed by atoms with Crippen molar-refractivity contribution in [1.82, 2.24) is 9.55 Å². The second kappa shape index (κ2) is 4.99. The summed E-state index contributed by atoms with van der Waals surface area (Å²) < 4.78 is 13.0. The van der Waals surface area contributed by atoms with E-state index in [0.717, 1.165) is 28.0 Å². The van der Waals surface area contributed by atoms with Crippen LogP contribution in [0.25, 0.3) is 10.9 Å². The van der Waals surface area contributed by atoms with Gasteiger partial charge in [-0.05, 0) is 42.0 Å². The molecular weight excluding hydrogens is 298 g/mol. The van der Waals surface area contributed by atoms with Crippen molar-refractivity contribution in [2.24, 2.45) is 0 Å². The highest BCUT2D eigenvalue weighted by Crippen LogP contribution is 2.33. The summed E-state index contributed by atoms with van der Waals surface area (Å²) in [6.07, 6.45) is 0. The highest BCUT2D eigenvalue weighted by atomic mass is 32.1. The normalized spacial score (nSPS) is 12.7. The van der Waals surface area contributed by atoms with Crippen LogP contribution in [-0.4, -0.2) is 16.3 Å². The van der Waals surface area contributed by atoms with E-state index in [1.165, 1.54) is 0 Å². The molecule has 0 saturated heterocycles. The summed E-state index contributed by atoms with van der Waals surface area (Å²) in [4.78, 5) is 4.45. The van der Waals surface area contributed by atoms with E-state index in [1.54, 1.807) is 0 Å². The molecule has 1 aromatic heterocycles. The SMILES string of the molecule is Nc1c2ccccc2nc(=S)n1Cc1ccc2c(c1)OCO2. The van der Waals surface area contributed by atoms with Gasteiger partial charge in [0.1, 0.15) is 5.82 Å². The summed E-state index contributed by atoms with van der Waals surface area (Å²) in [5.41, 5.74) is 8.12. The van der Waals surface area contributed by atoms with Gasteiger partial charge < -0.3 is 15.2 Å². The lowest BCUT2D eigenvalue weighted by Crippen LogP contribution is -2.10. The van der Waals surface area contributed by atoms with Crippen molar-refractivity contribution in [2.75, 3.05) is 12.5 Å². The standard InChI is InChI=1S/C16H13N3O2S/c17-15-11-3-1-2-4-12(11)18-16(22)19(15)8-10-5-6-13-14(7-10)21-9-20-13/h1-7H,8-9,17H2. The Labute approximate surface area is 131 Å². The number of fused-ring (bicyclic) bond motifs is 2. The van der Waals surface area contributed by atoms with Gasteiger partial charge in [0, 0.05) is 5.39 Å². The molecule has 5 nitrogen and oxygen atoms in total. The molecule has 4 rings (SSSR count). The van der Waals surface area contributed by atoms with Gasteiger partial charge in [-0.2, -0.15) is 0 Å². The van der Waals surface area contributed by atoms with Crippen molar-refractivity contribution >= 4 is 28.9 Å². The van der Waals surface area contributed by atoms with Crippen molar-refractivity contribution in [3.05, 3.63) is 52.8 Å². The number of hydrogen-bond donors (Lipinski definition) is 1. The van der Waals surface area contributed by atoms with Crippen LogP contribution >= 0.6 is 12.2 Å². The van der Waals surface area contributed by atoms with Crippen LogP contribution in [0.5, 0.6) is 11.5 Å². The Balaban J connectivity index is 1.80. The van der Waals surface area contributed by atoms with Crippen LogP contribution in [0.1, 0.15) is 5.56 Å². The Morgan fingerprint density at radius 2 is 1.95 bits per heavy atom. The Morgan fingerprint density at radius 1 is 1.14 bits per heavy atom. The highest BCUT2D eigenvalue weighted by molar-refractivity contribution is 7.71. The predicted octanol–water partition coefficient (Wildman–Crippen LogP) is 3.12. The zero-order valence-electron chi connectivity index (χ0n) is 11.7. The minimum atomic E-state index is 0.262. The molecule has 0 aliphatic carbocycles. The van der Waals surface area contributed by atoms with Gasteiger partial charge >= 0.3 is 0 Å². The Kier molecular flexibility index (Phi) is 2.97. The summed E-state index contributed by atoms with van der Waals surface area (Å²) in [5.74, 6) is 2.13. The van der Waals surface area contributed by atoms with Gasteiger partial charge in [0.25, 0.3) is 0 Å². The van der Waals surface area contributed by atoms with Crippen molar-refractivity contribution < 1.29 is 9.47 Å². The first-order valence-electron chi connectivity index (χ1n) is 6.86. The van der Waals surface area contributed by atoms with Gasteiger partial charge in [-0.1, -0.05) is 18.2 Å². The van der Waals surface area contributed by atoms with Gasteiger partial charge in [0.15, 0.2) is 11.5 Å². The topological polar surface area (TPSA) is 62.3 Å². The zero-order chi connectivity index (χ0) is 15.1. The van der Waals surface area contributed by atoms with Gasteiger partial charge in [-0.15, -0.1) is 0 Å². The monoisotopic (exact) mass is 311 g/mol. The lowest BCUT2D eigenvalue weighted by atomic mass is 10.2. The second-order valence-electron chi connectivity index (χ2n) is 5.07. The summed E-state index contributed by atoms with van der Waals surface area (Å²) in [6, 6.07) is 13.5. The average molecular weight is 311 g/mol. The number of ether oxygens (including phenoxy) is 2. The van der Waals surface area contributed by atoms with Gasteiger partial charge in [0.05, 0.1) is 12.1 Å². The second-order valence-corrected chi connectivity index (χ2v) is 5.44. The van der Waals surface area contributed by atoms with Crippen LogP contribution in [0.2, 0.25) is 0 Å². The molecule has 0 saturated carbocycles. The van der Waals surface area contributed by atoms with Gasteiger partial charge in [-0.25, -0.2) is 4.98 Å². The number of rotatable bonds is 2. The number of nitrogen functional groups attached to an aromatic ring is 1. The third-order valence-electron chi connectivity index (χ3n) is 3.70. The summed E-state index contributed by atoms with van der Waals surface area (Å²) >= 11 is 5.38. The fourth-order valence-electron chi connectivity index (χ4n) is 2.57. The van der Waals surface area contributed by atoms with Gasteiger partial charge in [-0.3, -0.25) is 4.57 Å². The van der Waals surface area contributed by atoms with Crippen molar-refractivity contribution in [3.63, 3.8) is 0 Å². The molecule has 1 aliphatic heterocycles. The fourth-order valence-corrected chi connectivity index (χ4v) is 2.84. The smallest absolute Gasteiger partial charge is 0.231 e. The maximum Gasteiger partial charge on any atom is 0.231 e. The molecule has 6 heteroatoms. The minimum Gasteiger partial charge on any atom is -0.454 e. The van der Waals surface area contributed by atoms with E-state index in [9.17, 15) is 0 Å². The molecule has 0 spiro atoms. The molecule has 0 amide bonds. The molecule has 0 radical (unpaired) electrons. The predicted molar refractivity (Wildman–Crippen MR) is 86.6 cm³/mol. The Bertz CT molecular complexity index is 936. The molecular formula is C16H13N3O2S. The molecule has 22 heavy (non-hydrogen) atoms. The largest absolute Gasteiger partial charge is 0.454 e. The molecule has 0 atom stereocenters. The molecule has 3 aromatic rings. The number of para-hydroxylation sites is 1. The quantitative estimate of drug-likeness (QED) is 0.737. The van der Waals surface area contributed by atoms with Crippen LogP contribution in [-0.2, 0) is 6.54 Å². The fraction of sp³-hybridized carbons (Fsp3) is 0.125.